The van der Waals surface area contributed by atoms with Crippen molar-refractivity contribution in [3.63, 3.8) is 0 Å². The Kier molecular flexibility index (Phi) is 3.03. The molecule has 0 aromatic heterocycles. The van der Waals surface area contributed by atoms with Gasteiger partial charge in [-0.3, -0.25) is 4.79 Å². The Labute approximate surface area is 92.8 Å². The average Bonchev–Trinajstić information content (AvgIpc) is 2.47. The first-order valence-electron chi connectivity index (χ1n) is 4.65. The Morgan fingerprint density at radius 2 is 2.43 bits per heavy atom. The number of carbonyl (C=O) groups excluding carboxylic acids is 1. The highest BCUT2D eigenvalue weighted by atomic mass is 32.2. The van der Waals surface area contributed by atoms with Crippen LogP contribution in [-0.2, 0) is 4.79 Å². The number of hydrogen-bond donors (Lipinski definition) is 1. The molecule has 1 heterocycles. The molecule has 2 nitrogen and oxygen atoms in total. The third-order valence-electron chi connectivity index (χ3n) is 2.34. The molecule has 14 heavy (non-hydrogen) atoms. The van der Waals surface area contributed by atoms with Crippen molar-refractivity contribution in [3.8, 4) is 0 Å². The number of amides is 1. The summed E-state index contributed by atoms with van der Waals surface area (Å²) in [6.45, 7) is 0. The molecule has 1 unspecified atom stereocenters. The Morgan fingerprint density at radius 3 is 3.00 bits per heavy atom. The molecule has 1 atom stereocenters. The summed E-state index contributed by atoms with van der Waals surface area (Å²) in [4.78, 5) is 12.1. The van der Waals surface area contributed by atoms with Crippen LogP contribution in [0, 0.1) is 5.92 Å². The maximum atomic E-state index is 11.4. The fraction of sp³-hybridized carbons (Fsp3) is 0.400. The first-order valence-corrected chi connectivity index (χ1v) is 5.88. The number of hydrogen-bond acceptors (Lipinski definition) is 3. The number of rotatable bonds is 1. The predicted octanol–water partition coefficient (Wildman–Crippen LogP) is 2.37. The quantitative estimate of drug-likeness (QED) is 0.422. The number of allylic oxidation sites excluding steroid dienone is 3. The zero-order chi connectivity index (χ0) is 9.97. The lowest BCUT2D eigenvalue weighted by molar-refractivity contribution is -0.115. The second-order valence-corrected chi connectivity index (χ2v) is 5.14. The maximum absolute atomic E-state index is 11.4. The SMILES string of the molecule is O=C1NC(=S)SC1=CC1CC=CCC1. The van der Waals surface area contributed by atoms with Gasteiger partial charge >= 0.3 is 0 Å². The van der Waals surface area contributed by atoms with Crippen LogP contribution in [0.4, 0.5) is 0 Å². The lowest BCUT2D eigenvalue weighted by Gasteiger charge is -2.13. The van der Waals surface area contributed by atoms with Crippen molar-refractivity contribution in [2.75, 3.05) is 0 Å². The molecule has 0 spiro atoms. The van der Waals surface area contributed by atoms with E-state index in [-0.39, 0.29) is 5.91 Å². The van der Waals surface area contributed by atoms with Crippen molar-refractivity contribution < 1.29 is 4.79 Å². The summed E-state index contributed by atoms with van der Waals surface area (Å²) in [5.74, 6) is 0.476. The molecule has 0 radical (unpaired) electrons. The van der Waals surface area contributed by atoms with Crippen LogP contribution in [0.5, 0.6) is 0 Å². The highest BCUT2D eigenvalue weighted by Gasteiger charge is 2.23. The maximum Gasteiger partial charge on any atom is 0.263 e. The van der Waals surface area contributed by atoms with Crippen LogP contribution < -0.4 is 5.32 Å². The Morgan fingerprint density at radius 1 is 1.57 bits per heavy atom. The van der Waals surface area contributed by atoms with E-state index >= 15 is 0 Å². The smallest absolute Gasteiger partial charge is 0.263 e. The minimum absolute atomic E-state index is 0.0328. The number of thiocarbonyl (C=S) groups is 1. The van der Waals surface area contributed by atoms with Crippen molar-refractivity contribution in [2.45, 2.75) is 19.3 Å². The summed E-state index contributed by atoms with van der Waals surface area (Å²) in [7, 11) is 0. The standard InChI is InChI=1S/C10H11NOS2/c12-9-8(14-10(13)11-9)6-7-4-2-1-3-5-7/h1-2,6-7H,3-5H2,(H,11,12,13). The average molecular weight is 225 g/mol. The second kappa shape index (κ2) is 4.28. The molecule has 1 aliphatic heterocycles. The zero-order valence-electron chi connectivity index (χ0n) is 7.66. The molecule has 1 saturated heterocycles. The van der Waals surface area contributed by atoms with Gasteiger partial charge in [-0.2, -0.15) is 0 Å². The summed E-state index contributed by atoms with van der Waals surface area (Å²) >= 11 is 6.29. The summed E-state index contributed by atoms with van der Waals surface area (Å²) in [6, 6.07) is 0. The Hall–Kier alpha value is -0.610. The molecular formula is C10H11NOS2. The van der Waals surface area contributed by atoms with Crippen LogP contribution in [0.25, 0.3) is 0 Å². The van der Waals surface area contributed by atoms with E-state index < -0.39 is 0 Å². The summed E-state index contributed by atoms with van der Waals surface area (Å²) in [5.41, 5.74) is 0. The van der Waals surface area contributed by atoms with E-state index in [0.717, 1.165) is 24.2 Å². The largest absolute Gasteiger partial charge is 0.307 e. The van der Waals surface area contributed by atoms with Crippen LogP contribution >= 0.6 is 24.0 Å². The van der Waals surface area contributed by atoms with Gasteiger partial charge in [-0.05, 0) is 25.2 Å². The van der Waals surface area contributed by atoms with Gasteiger partial charge in [0.05, 0.1) is 4.91 Å². The third-order valence-corrected chi connectivity index (χ3v) is 3.52. The topological polar surface area (TPSA) is 29.1 Å². The lowest BCUT2D eigenvalue weighted by atomic mass is 9.94. The van der Waals surface area contributed by atoms with Gasteiger partial charge < -0.3 is 5.32 Å². The van der Waals surface area contributed by atoms with Gasteiger partial charge in [0.2, 0.25) is 0 Å². The molecule has 1 fully saturated rings. The van der Waals surface area contributed by atoms with E-state index in [4.69, 9.17) is 12.2 Å². The molecule has 2 aliphatic rings. The summed E-state index contributed by atoms with van der Waals surface area (Å²) in [5, 5.41) is 2.63. The fourth-order valence-corrected chi connectivity index (χ4v) is 2.73. The minimum atomic E-state index is -0.0328. The number of carbonyl (C=O) groups is 1. The Balaban J connectivity index is 2.06. The predicted molar refractivity (Wildman–Crippen MR) is 62.9 cm³/mol. The molecule has 2 rings (SSSR count). The molecular weight excluding hydrogens is 214 g/mol. The molecule has 74 valence electrons. The van der Waals surface area contributed by atoms with Crippen LogP contribution in [0.3, 0.4) is 0 Å². The van der Waals surface area contributed by atoms with Gasteiger partial charge in [0.1, 0.15) is 4.32 Å². The van der Waals surface area contributed by atoms with Crippen LogP contribution in [-0.4, -0.2) is 10.2 Å². The Bertz CT molecular complexity index is 333. The van der Waals surface area contributed by atoms with E-state index in [1.165, 1.54) is 11.8 Å². The lowest BCUT2D eigenvalue weighted by Crippen LogP contribution is -2.18. The highest BCUT2D eigenvalue weighted by molar-refractivity contribution is 8.26. The zero-order valence-corrected chi connectivity index (χ0v) is 9.29. The summed E-state index contributed by atoms with van der Waals surface area (Å²) in [6.07, 6.45) is 9.74. The highest BCUT2D eigenvalue weighted by Crippen LogP contribution is 2.28. The van der Waals surface area contributed by atoms with Gasteiger partial charge in [0, 0.05) is 0 Å². The third kappa shape index (κ3) is 2.25. The van der Waals surface area contributed by atoms with Crippen LogP contribution in [0.15, 0.2) is 23.1 Å². The van der Waals surface area contributed by atoms with Gasteiger partial charge in [-0.15, -0.1) is 0 Å². The molecule has 0 saturated carbocycles. The first kappa shape index (κ1) is 9.93. The van der Waals surface area contributed by atoms with Gasteiger partial charge in [-0.1, -0.05) is 42.2 Å². The van der Waals surface area contributed by atoms with E-state index in [9.17, 15) is 4.79 Å². The number of thioether (sulfide) groups is 1. The normalized spacial score (nSPS) is 29.7. The van der Waals surface area contributed by atoms with Crippen LogP contribution in [0.1, 0.15) is 19.3 Å². The molecule has 4 heteroatoms. The van der Waals surface area contributed by atoms with E-state index in [0.29, 0.717) is 10.2 Å². The van der Waals surface area contributed by atoms with Gasteiger partial charge in [0.15, 0.2) is 0 Å². The van der Waals surface area contributed by atoms with E-state index in [1.807, 2.05) is 0 Å². The molecule has 1 amide bonds. The molecule has 0 aromatic carbocycles. The molecule has 0 bridgehead atoms. The van der Waals surface area contributed by atoms with Crippen molar-refractivity contribution in [2.24, 2.45) is 5.92 Å². The fourth-order valence-electron chi connectivity index (χ4n) is 1.62. The molecule has 1 aliphatic carbocycles. The van der Waals surface area contributed by atoms with Gasteiger partial charge in [0.25, 0.3) is 5.91 Å². The summed E-state index contributed by atoms with van der Waals surface area (Å²) < 4.78 is 0.576. The van der Waals surface area contributed by atoms with Crippen molar-refractivity contribution in [1.82, 2.24) is 5.32 Å². The van der Waals surface area contributed by atoms with E-state index in [2.05, 4.69) is 23.5 Å². The monoisotopic (exact) mass is 225 g/mol. The molecule has 1 N–H and O–H groups in total. The van der Waals surface area contributed by atoms with Crippen LogP contribution in [0.2, 0.25) is 0 Å². The van der Waals surface area contributed by atoms with E-state index in [1.54, 1.807) is 0 Å². The minimum Gasteiger partial charge on any atom is -0.307 e. The first-order chi connectivity index (χ1) is 6.75. The van der Waals surface area contributed by atoms with Gasteiger partial charge in [-0.25, -0.2) is 0 Å². The second-order valence-electron chi connectivity index (χ2n) is 3.42. The van der Waals surface area contributed by atoms with Crippen molar-refractivity contribution >= 4 is 34.2 Å². The van der Waals surface area contributed by atoms with Crippen molar-refractivity contribution in [1.29, 1.82) is 0 Å². The molecule has 0 aromatic rings. The number of nitrogens with one attached hydrogen (secondary N) is 1. The van der Waals surface area contributed by atoms with Crippen molar-refractivity contribution in [3.05, 3.63) is 23.1 Å².